The van der Waals surface area contributed by atoms with Crippen molar-refractivity contribution in [2.45, 2.75) is 69.8 Å². The van der Waals surface area contributed by atoms with E-state index in [-0.39, 0.29) is 45.7 Å². The minimum Gasteiger partial charge on any atom is -0.374 e. The molecule has 0 fully saturated rings. The Bertz CT molecular complexity index is 1650. The minimum atomic E-state index is -3.59. The van der Waals surface area contributed by atoms with Crippen LogP contribution in [0.4, 0.5) is 23.1 Å². The van der Waals surface area contributed by atoms with Crippen LogP contribution in [0.1, 0.15) is 68.4 Å². The van der Waals surface area contributed by atoms with E-state index in [1.165, 1.54) is 12.3 Å². The predicted molar refractivity (Wildman–Crippen MR) is 164 cm³/mol. The van der Waals surface area contributed by atoms with Crippen LogP contribution in [0.5, 0.6) is 0 Å². The van der Waals surface area contributed by atoms with Gasteiger partial charge in [-0.05, 0) is 69.5 Å². The number of Topliss-reactive ketones (excluding diaryl/α,β-unsaturated/α-hetero) is 1. The van der Waals surface area contributed by atoms with Gasteiger partial charge in [-0.1, -0.05) is 29.8 Å². The van der Waals surface area contributed by atoms with E-state index in [2.05, 4.69) is 20.6 Å². The number of nitrogens with zero attached hydrogens (tertiary/aromatic N) is 2. The van der Waals surface area contributed by atoms with Crippen molar-refractivity contribution in [3.05, 3.63) is 70.4 Å². The Morgan fingerprint density at radius 1 is 1.10 bits per heavy atom. The highest BCUT2D eigenvalue weighted by molar-refractivity contribution is 7.92. The number of allylic oxidation sites excluding steroid dienone is 2. The molecule has 0 radical (unpaired) electrons. The second kappa shape index (κ2) is 13.0. The van der Waals surface area contributed by atoms with E-state index in [4.69, 9.17) is 22.1 Å². The van der Waals surface area contributed by atoms with Crippen LogP contribution in [0.25, 0.3) is 5.57 Å². The monoisotopic (exact) mass is 611 g/mol. The summed E-state index contributed by atoms with van der Waals surface area (Å²) in [5.74, 6) is -0.147. The van der Waals surface area contributed by atoms with E-state index in [9.17, 15) is 18.0 Å². The lowest BCUT2D eigenvalue weighted by Gasteiger charge is -2.20. The van der Waals surface area contributed by atoms with Gasteiger partial charge in [0.1, 0.15) is 10.8 Å². The Kier molecular flexibility index (Phi) is 9.65. The van der Waals surface area contributed by atoms with Crippen LogP contribution in [0.3, 0.4) is 0 Å². The lowest BCUT2D eigenvalue weighted by atomic mass is 9.88. The topological polar surface area (TPSA) is 153 Å². The van der Waals surface area contributed by atoms with Crippen LogP contribution < -0.4 is 16.4 Å². The predicted octanol–water partition coefficient (Wildman–Crippen LogP) is 5.96. The van der Waals surface area contributed by atoms with Crippen LogP contribution in [0.2, 0.25) is 5.02 Å². The molecular formula is C30H34ClN5O5S. The third-order valence-corrected chi connectivity index (χ3v) is 9.22. The Labute approximate surface area is 250 Å². The van der Waals surface area contributed by atoms with Gasteiger partial charge in [0.05, 0.1) is 34.7 Å². The normalized spacial score (nSPS) is 13.8. The summed E-state index contributed by atoms with van der Waals surface area (Å²) >= 11 is 6.40. The van der Waals surface area contributed by atoms with Crippen LogP contribution in [-0.4, -0.2) is 41.4 Å². The molecule has 1 aliphatic carbocycles. The highest BCUT2D eigenvalue weighted by atomic mass is 35.5. The first kappa shape index (κ1) is 31.1. The van der Waals surface area contributed by atoms with Gasteiger partial charge < -0.3 is 21.1 Å². The van der Waals surface area contributed by atoms with Gasteiger partial charge in [0.2, 0.25) is 11.9 Å². The zero-order valence-corrected chi connectivity index (χ0v) is 25.5. The smallest absolute Gasteiger partial charge is 0.249 e. The van der Waals surface area contributed by atoms with Gasteiger partial charge >= 0.3 is 0 Å². The van der Waals surface area contributed by atoms with Crippen LogP contribution in [-0.2, 0) is 26.0 Å². The summed E-state index contributed by atoms with van der Waals surface area (Å²) in [5, 5.41) is 5.72. The van der Waals surface area contributed by atoms with Crippen molar-refractivity contribution in [1.29, 1.82) is 0 Å². The Hall–Kier alpha value is -3.80. The molecule has 10 nitrogen and oxygen atoms in total. The first-order chi connectivity index (χ1) is 19.9. The molecule has 0 spiro atoms. The third-order valence-electron chi connectivity index (χ3n) is 6.73. The minimum absolute atomic E-state index is 0.0617. The van der Waals surface area contributed by atoms with Crippen molar-refractivity contribution < 1.29 is 22.7 Å². The summed E-state index contributed by atoms with van der Waals surface area (Å²) in [7, 11) is -3.59. The maximum Gasteiger partial charge on any atom is 0.249 e. The molecule has 2 aromatic carbocycles. The largest absolute Gasteiger partial charge is 0.374 e. The highest BCUT2D eigenvalue weighted by Crippen LogP contribution is 2.34. The first-order valence-corrected chi connectivity index (χ1v) is 15.5. The van der Waals surface area contributed by atoms with Crippen molar-refractivity contribution in [2.24, 2.45) is 5.73 Å². The van der Waals surface area contributed by atoms with Gasteiger partial charge in [0.25, 0.3) is 0 Å². The Morgan fingerprint density at radius 3 is 2.48 bits per heavy atom. The number of primary amides is 1. The number of aromatic nitrogens is 2. The lowest BCUT2D eigenvalue weighted by Crippen LogP contribution is -2.17. The molecule has 1 amide bonds. The number of ether oxygens (including phenoxy) is 1. The second-order valence-corrected chi connectivity index (χ2v) is 13.4. The summed E-state index contributed by atoms with van der Waals surface area (Å²) in [6, 6.07) is 9.99. The molecule has 4 N–H and O–H groups in total. The molecular weight excluding hydrogens is 578 g/mol. The molecule has 4 rings (SSSR count). The van der Waals surface area contributed by atoms with Gasteiger partial charge in [-0.2, -0.15) is 4.98 Å². The molecule has 1 heterocycles. The van der Waals surface area contributed by atoms with Crippen LogP contribution in [0, 0.1) is 0 Å². The number of nitrogens with two attached hydrogens (primary N) is 1. The molecule has 0 unspecified atom stereocenters. The summed E-state index contributed by atoms with van der Waals surface area (Å²) in [6.07, 6.45) is 4.38. The van der Waals surface area contributed by atoms with Crippen molar-refractivity contribution in [3.63, 3.8) is 0 Å². The third kappa shape index (κ3) is 7.15. The molecule has 222 valence electrons. The number of para-hydroxylation sites is 1. The summed E-state index contributed by atoms with van der Waals surface area (Å²) < 4.78 is 31.8. The molecule has 1 aromatic heterocycles. The number of hydrogen-bond donors (Lipinski definition) is 3. The maximum absolute atomic E-state index is 12.9. The summed E-state index contributed by atoms with van der Waals surface area (Å²) in [5.41, 5.74) is 9.15. The number of ketones is 1. The molecule has 12 heteroatoms. The summed E-state index contributed by atoms with van der Waals surface area (Å²) in [6.45, 7) is 7.28. The Balaban J connectivity index is 1.74. The van der Waals surface area contributed by atoms with E-state index >= 15 is 0 Å². The number of amides is 1. The van der Waals surface area contributed by atoms with Gasteiger partial charge in [-0.15, -0.1) is 0 Å². The van der Waals surface area contributed by atoms with Crippen molar-refractivity contribution >= 4 is 61.8 Å². The average molecular weight is 612 g/mol. The van der Waals surface area contributed by atoms with Crippen molar-refractivity contribution in [2.75, 3.05) is 10.6 Å². The number of benzene rings is 2. The number of hydrogen-bond acceptors (Lipinski definition) is 9. The number of carbonyl (C=O) groups excluding carboxylic acids is 2. The average Bonchev–Trinajstić information content (AvgIpc) is 2.94. The SMILES string of the molecule is CC(C)OCc1cc(C2=CCC(=O)CC2)c(C(N)=O)cc1Nc1ncc(Cl)c(Nc2ccccc2S(=O)(=O)C(C)C)n1. The van der Waals surface area contributed by atoms with Gasteiger partial charge in [0.15, 0.2) is 15.7 Å². The molecule has 0 atom stereocenters. The fourth-order valence-corrected chi connectivity index (χ4v) is 5.74. The molecule has 0 saturated carbocycles. The van der Waals surface area contributed by atoms with Crippen LogP contribution in [0.15, 0.2) is 53.6 Å². The number of nitrogens with one attached hydrogen (secondary N) is 2. The zero-order chi connectivity index (χ0) is 30.6. The van der Waals surface area contributed by atoms with E-state index in [0.717, 1.165) is 11.1 Å². The first-order valence-electron chi connectivity index (χ1n) is 13.6. The molecule has 0 saturated heterocycles. The zero-order valence-electron chi connectivity index (χ0n) is 23.9. The Morgan fingerprint density at radius 2 is 1.83 bits per heavy atom. The standard InChI is InChI=1S/C30H34ClN5O5S/c1-17(2)41-16-20-13-22(19-9-11-21(37)12-10-19)23(28(32)38)14-26(20)35-30-33-15-24(31)29(36-30)34-25-7-5-6-8-27(25)42(39,40)18(3)4/h5-9,13-15,17-18H,10-12,16H2,1-4H3,(H2,32,38)(H2,33,34,35,36). The molecule has 0 aliphatic heterocycles. The van der Waals surface area contributed by atoms with E-state index < -0.39 is 21.0 Å². The highest BCUT2D eigenvalue weighted by Gasteiger charge is 2.24. The fourth-order valence-electron chi connectivity index (χ4n) is 4.40. The van der Waals surface area contributed by atoms with E-state index in [1.807, 2.05) is 26.0 Å². The number of rotatable bonds is 11. The van der Waals surface area contributed by atoms with E-state index in [0.29, 0.717) is 36.2 Å². The maximum atomic E-state index is 12.9. The summed E-state index contributed by atoms with van der Waals surface area (Å²) in [4.78, 5) is 33.2. The van der Waals surface area contributed by atoms with Gasteiger partial charge in [0, 0.05) is 29.7 Å². The molecule has 0 bridgehead atoms. The fraction of sp³-hybridized carbons (Fsp3) is 0.333. The van der Waals surface area contributed by atoms with Gasteiger partial charge in [-0.3, -0.25) is 9.59 Å². The number of carbonyl (C=O) groups is 2. The molecule has 3 aromatic rings. The second-order valence-electron chi connectivity index (χ2n) is 10.5. The van der Waals surface area contributed by atoms with E-state index in [1.54, 1.807) is 38.1 Å². The molecule has 42 heavy (non-hydrogen) atoms. The lowest BCUT2D eigenvalue weighted by molar-refractivity contribution is -0.118. The quantitative estimate of drug-likeness (QED) is 0.238. The molecule has 1 aliphatic rings. The van der Waals surface area contributed by atoms with Gasteiger partial charge in [-0.25, -0.2) is 13.4 Å². The van der Waals surface area contributed by atoms with Crippen LogP contribution >= 0.6 is 11.6 Å². The number of sulfone groups is 1. The number of anilines is 4. The number of halogens is 1. The van der Waals surface area contributed by atoms with Crippen molar-refractivity contribution in [3.8, 4) is 0 Å². The van der Waals surface area contributed by atoms with Crippen molar-refractivity contribution in [1.82, 2.24) is 9.97 Å².